The van der Waals surface area contributed by atoms with Gasteiger partial charge in [-0.15, -0.1) is 0 Å². The first-order valence-corrected chi connectivity index (χ1v) is 5.75. The van der Waals surface area contributed by atoms with Crippen LogP contribution in [-0.2, 0) is 11.3 Å². The number of likely N-dealkylation sites (N-methyl/N-ethyl adjacent to an activating group) is 1. The number of carbonyl (C=O) groups is 1. The van der Waals surface area contributed by atoms with E-state index in [1.165, 1.54) is 4.90 Å². The highest BCUT2D eigenvalue weighted by molar-refractivity contribution is 5.80. The first-order valence-electron chi connectivity index (χ1n) is 5.75. The van der Waals surface area contributed by atoms with Crippen molar-refractivity contribution in [3.8, 4) is 11.5 Å². The van der Waals surface area contributed by atoms with Crippen LogP contribution in [0, 0.1) is 0 Å². The molecule has 100 valence electrons. The Bertz CT molecular complexity index is 396. The van der Waals surface area contributed by atoms with E-state index in [1.54, 1.807) is 34.2 Å². The maximum atomic E-state index is 11.8. The number of methoxy groups -OCH3 is 1. The summed E-state index contributed by atoms with van der Waals surface area (Å²) in [5, 5.41) is 0. The van der Waals surface area contributed by atoms with Gasteiger partial charge in [0.1, 0.15) is 0 Å². The van der Waals surface area contributed by atoms with Crippen LogP contribution >= 0.6 is 0 Å². The summed E-state index contributed by atoms with van der Waals surface area (Å²) < 4.78 is 10.9. The zero-order chi connectivity index (χ0) is 13.7. The Morgan fingerprint density at radius 1 is 1.44 bits per heavy atom. The van der Waals surface area contributed by atoms with Crippen molar-refractivity contribution in [3.63, 3.8) is 0 Å². The smallest absolute Gasteiger partial charge is 0.262 e. The molecule has 0 heterocycles. The molecule has 0 saturated carbocycles. The molecule has 0 spiro atoms. The van der Waals surface area contributed by atoms with E-state index in [-0.39, 0.29) is 5.91 Å². The number of nitrogens with zero attached hydrogens (tertiary/aromatic N) is 1. The summed E-state index contributed by atoms with van der Waals surface area (Å²) in [5.41, 5.74) is 6.47. The average Bonchev–Trinajstić information content (AvgIpc) is 2.37. The molecule has 1 unspecified atom stereocenters. The Kier molecular flexibility index (Phi) is 4.97. The van der Waals surface area contributed by atoms with Gasteiger partial charge in [0, 0.05) is 26.2 Å². The quantitative estimate of drug-likeness (QED) is 0.849. The summed E-state index contributed by atoms with van der Waals surface area (Å²) in [6.45, 7) is 2.03. The van der Waals surface area contributed by atoms with E-state index in [0.29, 0.717) is 18.0 Å². The fraction of sp³-hybridized carbons (Fsp3) is 0.462. The van der Waals surface area contributed by atoms with Crippen LogP contribution in [0.2, 0.25) is 0 Å². The van der Waals surface area contributed by atoms with Crippen molar-refractivity contribution in [2.24, 2.45) is 5.73 Å². The van der Waals surface area contributed by atoms with Gasteiger partial charge in [-0.25, -0.2) is 0 Å². The predicted molar refractivity (Wildman–Crippen MR) is 69.7 cm³/mol. The van der Waals surface area contributed by atoms with Crippen LogP contribution in [0.5, 0.6) is 11.5 Å². The lowest BCUT2D eigenvalue weighted by molar-refractivity contribution is -0.135. The number of carbonyl (C=O) groups excluding carboxylic acids is 1. The fourth-order valence-electron chi connectivity index (χ4n) is 1.61. The van der Waals surface area contributed by atoms with Gasteiger partial charge in [-0.2, -0.15) is 0 Å². The van der Waals surface area contributed by atoms with Crippen LogP contribution < -0.4 is 15.2 Å². The van der Waals surface area contributed by atoms with Gasteiger partial charge in [0.05, 0.1) is 7.11 Å². The lowest BCUT2D eigenvalue weighted by Gasteiger charge is -2.21. The molecule has 0 bridgehead atoms. The molecule has 18 heavy (non-hydrogen) atoms. The molecule has 0 radical (unpaired) electrons. The molecule has 2 N–H and O–H groups in total. The third-order valence-electron chi connectivity index (χ3n) is 2.58. The van der Waals surface area contributed by atoms with Crippen LogP contribution in [0.25, 0.3) is 0 Å². The van der Waals surface area contributed by atoms with Gasteiger partial charge < -0.3 is 20.1 Å². The minimum atomic E-state index is -0.582. The van der Waals surface area contributed by atoms with Gasteiger partial charge in [0.15, 0.2) is 17.6 Å². The molecule has 0 saturated heterocycles. The van der Waals surface area contributed by atoms with E-state index in [9.17, 15) is 4.79 Å². The first kappa shape index (κ1) is 14.3. The van der Waals surface area contributed by atoms with Gasteiger partial charge in [0.2, 0.25) is 0 Å². The predicted octanol–water partition coefficient (Wildman–Crippen LogP) is 1.01. The molecule has 0 aromatic heterocycles. The average molecular weight is 252 g/mol. The van der Waals surface area contributed by atoms with E-state index in [4.69, 9.17) is 15.2 Å². The van der Waals surface area contributed by atoms with Crippen LogP contribution in [0.15, 0.2) is 18.2 Å². The number of nitrogens with two attached hydrogens (primary N) is 1. The first-order chi connectivity index (χ1) is 8.51. The molecule has 0 fully saturated rings. The minimum absolute atomic E-state index is 0.108. The van der Waals surface area contributed by atoms with Crippen molar-refractivity contribution in [2.75, 3.05) is 21.2 Å². The standard InChI is InChI=1S/C13H20N2O3/c1-9(13(16)15(2)3)18-12-10(8-14)6-5-7-11(12)17-4/h5-7,9H,8,14H2,1-4H3. The third kappa shape index (κ3) is 3.13. The maximum Gasteiger partial charge on any atom is 0.262 e. The Labute approximate surface area is 107 Å². The van der Waals surface area contributed by atoms with Gasteiger partial charge in [0.25, 0.3) is 5.91 Å². The van der Waals surface area contributed by atoms with Crippen molar-refractivity contribution < 1.29 is 14.3 Å². The number of hydrogen-bond donors (Lipinski definition) is 1. The van der Waals surface area contributed by atoms with Gasteiger partial charge in [-0.3, -0.25) is 4.79 Å². The number of amides is 1. The van der Waals surface area contributed by atoms with Crippen LogP contribution in [0.3, 0.4) is 0 Å². The zero-order valence-electron chi connectivity index (χ0n) is 11.3. The SMILES string of the molecule is COc1cccc(CN)c1OC(C)C(=O)N(C)C. The lowest BCUT2D eigenvalue weighted by Crippen LogP contribution is -2.35. The van der Waals surface area contributed by atoms with Crippen molar-refractivity contribution in [1.82, 2.24) is 4.90 Å². The normalized spacial score (nSPS) is 11.8. The third-order valence-corrected chi connectivity index (χ3v) is 2.58. The van der Waals surface area contributed by atoms with Crippen molar-refractivity contribution >= 4 is 5.91 Å². The summed E-state index contributed by atoms with van der Waals surface area (Å²) >= 11 is 0. The number of hydrogen-bond acceptors (Lipinski definition) is 4. The van der Waals surface area contributed by atoms with E-state index < -0.39 is 6.10 Å². The fourth-order valence-corrected chi connectivity index (χ4v) is 1.61. The number of para-hydroxylation sites is 1. The minimum Gasteiger partial charge on any atom is -0.493 e. The van der Waals surface area contributed by atoms with E-state index in [0.717, 1.165) is 5.56 Å². The van der Waals surface area contributed by atoms with Crippen molar-refractivity contribution in [2.45, 2.75) is 19.6 Å². The Hall–Kier alpha value is -1.75. The molecule has 1 atom stereocenters. The highest BCUT2D eigenvalue weighted by atomic mass is 16.5. The molecule has 0 aliphatic heterocycles. The Morgan fingerprint density at radius 2 is 2.11 bits per heavy atom. The molecule has 5 heteroatoms. The molecule has 1 aromatic carbocycles. The highest BCUT2D eigenvalue weighted by Crippen LogP contribution is 2.31. The topological polar surface area (TPSA) is 64.8 Å². The van der Waals surface area contributed by atoms with Gasteiger partial charge >= 0.3 is 0 Å². The van der Waals surface area contributed by atoms with Crippen molar-refractivity contribution in [1.29, 1.82) is 0 Å². The number of benzene rings is 1. The van der Waals surface area contributed by atoms with Crippen LogP contribution in [0.1, 0.15) is 12.5 Å². The summed E-state index contributed by atoms with van der Waals surface area (Å²) in [7, 11) is 4.93. The monoisotopic (exact) mass is 252 g/mol. The Balaban J connectivity index is 2.98. The molecular formula is C13H20N2O3. The second-order valence-electron chi connectivity index (χ2n) is 4.15. The molecule has 1 aromatic rings. The maximum absolute atomic E-state index is 11.8. The van der Waals surface area contributed by atoms with Crippen molar-refractivity contribution in [3.05, 3.63) is 23.8 Å². The second kappa shape index (κ2) is 6.26. The summed E-state index contributed by atoms with van der Waals surface area (Å²) in [6.07, 6.45) is -0.582. The highest BCUT2D eigenvalue weighted by Gasteiger charge is 2.20. The molecule has 5 nitrogen and oxygen atoms in total. The molecule has 1 rings (SSSR count). The van der Waals surface area contributed by atoms with Crippen LogP contribution in [0.4, 0.5) is 0 Å². The van der Waals surface area contributed by atoms with E-state index >= 15 is 0 Å². The molecule has 1 amide bonds. The molecule has 0 aliphatic carbocycles. The summed E-state index contributed by atoms with van der Waals surface area (Å²) in [4.78, 5) is 13.3. The molecular weight excluding hydrogens is 232 g/mol. The van der Waals surface area contributed by atoms with E-state index in [1.807, 2.05) is 12.1 Å². The number of ether oxygens (including phenoxy) is 2. The largest absolute Gasteiger partial charge is 0.493 e. The lowest BCUT2D eigenvalue weighted by atomic mass is 10.2. The van der Waals surface area contributed by atoms with Gasteiger partial charge in [-0.1, -0.05) is 12.1 Å². The summed E-state index contributed by atoms with van der Waals surface area (Å²) in [6, 6.07) is 5.47. The van der Waals surface area contributed by atoms with Crippen LogP contribution in [-0.4, -0.2) is 38.1 Å². The summed E-state index contributed by atoms with van der Waals surface area (Å²) in [5.74, 6) is 1.01. The molecule has 0 aliphatic rings. The second-order valence-corrected chi connectivity index (χ2v) is 4.15. The number of rotatable bonds is 5. The van der Waals surface area contributed by atoms with Gasteiger partial charge in [-0.05, 0) is 13.0 Å². The zero-order valence-corrected chi connectivity index (χ0v) is 11.3. The van der Waals surface area contributed by atoms with E-state index in [2.05, 4.69) is 0 Å². The Morgan fingerprint density at radius 3 is 2.61 bits per heavy atom.